The molecule has 0 unspecified atom stereocenters. The van der Waals surface area contributed by atoms with Gasteiger partial charge in [0.05, 0.1) is 11.8 Å². The van der Waals surface area contributed by atoms with E-state index in [-0.39, 0.29) is 36.6 Å². The van der Waals surface area contributed by atoms with Crippen LogP contribution < -0.4 is 34.8 Å². The van der Waals surface area contributed by atoms with Crippen LogP contribution in [-0.2, 0) is 9.59 Å². The Kier molecular flexibility index (Phi) is 6.69. The molecular formula is C16H16Cl2N2O4. The van der Waals surface area contributed by atoms with E-state index in [1.807, 2.05) is 12.1 Å². The first-order chi connectivity index (χ1) is 10.6. The summed E-state index contributed by atoms with van der Waals surface area (Å²) in [6, 6.07) is 7.23. The van der Waals surface area contributed by atoms with Crippen molar-refractivity contribution in [2.75, 3.05) is 0 Å². The Morgan fingerprint density at radius 3 is 1.42 bits per heavy atom. The fraction of sp³-hybridized carbons (Fsp3) is 0.250. The molecule has 1 saturated carbocycles. The molecule has 128 valence electrons. The predicted octanol–water partition coefficient (Wildman–Crippen LogP) is -5.39. The Bertz CT molecular complexity index is 638. The number of hydrogen-bond donors (Lipinski definition) is 2. The molecule has 6 nitrogen and oxygen atoms in total. The highest BCUT2D eigenvalue weighted by Gasteiger charge is 2.59. The highest BCUT2D eigenvalue weighted by Crippen LogP contribution is 2.57. The number of halogens is 2. The van der Waals surface area contributed by atoms with Gasteiger partial charge in [0.25, 0.3) is 0 Å². The molecule has 0 aromatic carbocycles. The molecule has 1 aliphatic rings. The number of pyridine rings is 2. The van der Waals surface area contributed by atoms with Gasteiger partial charge in [-0.3, -0.25) is 9.59 Å². The lowest BCUT2D eigenvalue weighted by Crippen LogP contribution is -3.00. The molecule has 2 heterocycles. The van der Waals surface area contributed by atoms with E-state index in [1.54, 1.807) is 36.9 Å². The summed E-state index contributed by atoms with van der Waals surface area (Å²) in [6.45, 7) is 0. The van der Waals surface area contributed by atoms with E-state index in [2.05, 4.69) is 9.97 Å². The Morgan fingerprint density at radius 1 is 0.792 bits per heavy atom. The second kappa shape index (κ2) is 8.08. The van der Waals surface area contributed by atoms with Crippen molar-refractivity contribution in [2.24, 2.45) is 11.8 Å². The van der Waals surface area contributed by atoms with Gasteiger partial charge >= 0.3 is 11.9 Å². The third kappa shape index (κ3) is 3.34. The average Bonchev–Trinajstić information content (AvgIpc) is 2.47. The van der Waals surface area contributed by atoms with Crippen LogP contribution in [0.3, 0.4) is 0 Å². The van der Waals surface area contributed by atoms with E-state index in [0.29, 0.717) is 0 Å². The van der Waals surface area contributed by atoms with Crippen LogP contribution in [0.2, 0.25) is 0 Å². The van der Waals surface area contributed by atoms with Gasteiger partial charge < -0.3 is 35.0 Å². The van der Waals surface area contributed by atoms with Crippen LogP contribution >= 0.6 is 0 Å². The first-order valence-electron chi connectivity index (χ1n) is 6.99. The Hall–Kier alpha value is -2.18. The lowest BCUT2D eigenvalue weighted by Gasteiger charge is -2.47. The minimum Gasteiger partial charge on any atom is -1.00 e. The number of aromatic amines is 2. The second-order valence-corrected chi connectivity index (χ2v) is 5.45. The summed E-state index contributed by atoms with van der Waals surface area (Å²) < 4.78 is 0. The predicted molar refractivity (Wildman–Crippen MR) is 73.7 cm³/mol. The van der Waals surface area contributed by atoms with Crippen molar-refractivity contribution in [1.82, 2.24) is 0 Å². The zero-order valence-electron chi connectivity index (χ0n) is 12.4. The Balaban J connectivity index is 0.00000144. The summed E-state index contributed by atoms with van der Waals surface area (Å²) in [5, 5.41) is 18.9. The van der Waals surface area contributed by atoms with E-state index in [9.17, 15) is 19.8 Å². The number of carboxylic acid groups (broad SMARTS) is 2. The summed E-state index contributed by atoms with van der Waals surface area (Å²) >= 11 is 0. The molecule has 1 fully saturated rings. The topological polar surface area (TPSA) is 103 Å². The van der Waals surface area contributed by atoms with Gasteiger partial charge in [0.1, 0.15) is 0 Å². The molecule has 4 atom stereocenters. The summed E-state index contributed by atoms with van der Waals surface area (Å²) in [6.07, 6.45) is 6.94. The molecule has 3 rings (SSSR count). The molecule has 2 aromatic rings. The van der Waals surface area contributed by atoms with Crippen molar-refractivity contribution in [3.05, 3.63) is 60.2 Å². The van der Waals surface area contributed by atoms with Crippen LogP contribution in [0.1, 0.15) is 23.0 Å². The monoisotopic (exact) mass is 370 g/mol. The van der Waals surface area contributed by atoms with Crippen molar-refractivity contribution < 1.29 is 54.6 Å². The lowest BCUT2D eigenvalue weighted by atomic mass is 9.53. The number of aromatic nitrogens is 2. The Labute approximate surface area is 150 Å². The molecule has 2 aromatic heterocycles. The highest BCUT2D eigenvalue weighted by atomic mass is 35.5. The molecule has 0 amide bonds. The standard InChI is InChI=1S/C16H14N2O4.2ClH/c19-15(20)13-11(9-3-1-5-17-7-9)12(14(13)16(21)22)10-4-2-6-18-8-10;;/h1-8,11-14H,(H,19,20)(H,21,22);2*1H/t11-,12+,13+,14-;;. The van der Waals surface area contributed by atoms with Crippen LogP contribution in [0.5, 0.6) is 0 Å². The molecule has 1 aliphatic carbocycles. The van der Waals surface area contributed by atoms with Gasteiger partial charge in [-0.25, -0.2) is 9.97 Å². The smallest absolute Gasteiger partial charge is 0.308 e. The van der Waals surface area contributed by atoms with Crippen molar-refractivity contribution in [1.29, 1.82) is 0 Å². The molecule has 4 N–H and O–H groups in total. The van der Waals surface area contributed by atoms with Gasteiger partial charge in [0, 0.05) is 35.1 Å². The van der Waals surface area contributed by atoms with Crippen LogP contribution in [0, 0.1) is 11.8 Å². The third-order valence-electron chi connectivity index (χ3n) is 4.35. The van der Waals surface area contributed by atoms with E-state index >= 15 is 0 Å². The number of rotatable bonds is 4. The number of carboxylic acids is 2. The van der Waals surface area contributed by atoms with E-state index in [1.165, 1.54) is 0 Å². The fourth-order valence-corrected chi connectivity index (χ4v) is 3.42. The van der Waals surface area contributed by atoms with Crippen LogP contribution in [0.25, 0.3) is 0 Å². The van der Waals surface area contributed by atoms with Crippen LogP contribution in [0.15, 0.2) is 49.1 Å². The maximum Gasteiger partial charge on any atom is 0.308 e. The SMILES string of the molecule is O=C(O)[C@@H]1[C@H](C(=O)O)[C@@H](c2ccc[nH+]c2)[C@H]1c1ccc[nH+]c1.[Cl-].[Cl-]. The van der Waals surface area contributed by atoms with Gasteiger partial charge in [-0.15, -0.1) is 0 Å². The zero-order valence-corrected chi connectivity index (χ0v) is 13.9. The highest BCUT2D eigenvalue weighted by molar-refractivity contribution is 5.85. The van der Waals surface area contributed by atoms with Gasteiger partial charge in [0.15, 0.2) is 24.8 Å². The molecule has 0 radical (unpaired) electrons. The normalized spacial score (nSPS) is 24.7. The molecule has 0 saturated heterocycles. The molecule has 8 heteroatoms. The first kappa shape index (κ1) is 19.9. The number of carbonyl (C=O) groups is 2. The minimum absolute atomic E-state index is 0. The van der Waals surface area contributed by atoms with Crippen LogP contribution in [0.4, 0.5) is 0 Å². The molecular weight excluding hydrogens is 355 g/mol. The lowest BCUT2D eigenvalue weighted by molar-refractivity contribution is -0.380. The number of H-pyrrole nitrogens is 2. The number of aliphatic carboxylic acids is 2. The van der Waals surface area contributed by atoms with E-state index < -0.39 is 23.8 Å². The Morgan fingerprint density at radius 2 is 1.17 bits per heavy atom. The van der Waals surface area contributed by atoms with Crippen molar-refractivity contribution in [3.8, 4) is 0 Å². The first-order valence-corrected chi connectivity index (χ1v) is 6.99. The van der Waals surface area contributed by atoms with E-state index in [4.69, 9.17) is 0 Å². The minimum atomic E-state index is -1.07. The summed E-state index contributed by atoms with van der Waals surface area (Å²) in [5.74, 6) is -4.74. The van der Waals surface area contributed by atoms with E-state index in [0.717, 1.165) is 11.1 Å². The third-order valence-corrected chi connectivity index (χ3v) is 4.35. The van der Waals surface area contributed by atoms with Gasteiger partial charge in [-0.1, -0.05) is 0 Å². The summed E-state index contributed by atoms with van der Waals surface area (Å²) in [5.41, 5.74) is 1.61. The maximum absolute atomic E-state index is 11.6. The zero-order chi connectivity index (χ0) is 15.7. The summed E-state index contributed by atoms with van der Waals surface area (Å²) in [7, 11) is 0. The average molecular weight is 371 g/mol. The van der Waals surface area contributed by atoms with Crippen molar-refractivity contribution in [2.45, 2.75) is 11.8 Å². The second-order valence-electron chi connectivity index (χ2n) is 5.45. The number of nitrogens with one attached hydrogen (secondary N) is 2. The quantitative estimate of drug-likeness (QED) is 0.560. The van der Waals surface area contributed by atoms with Crippen LogP contribution in [-0.4, -0.2) is 22.2 Å². The van der Waals surface area contributed by atoms with Crippen molar-refractivity contribution >= 4 is 11.9 Å². The molecule has 24 heavy (non-hydrogen) atoms. The molecule has 0 bridgehead atoms. The molecule has 0 spiro atoms. The van der Waals surface area contributed by atoms with Crippen molar-refractivity contribution in [3.63, 3.8) is 0 Å². The number of hydrogen-bond acceptors (Lipinski definition) is 2. The largest absolute Gasteiger partial charge is 1.00 e. The van der Waals surface area contributed by atoms with Gasteiger partial charge in [-0.2, -0.15) is 0 Å². The molecule has 0 aliphatic heterocycles. The maximum atomic E-state index is 11.6. The van der Waals surface area contributed by atoms with Gasteiger partial charge in [0.2, 0.25) is 0 Å². The van der Waals surface area contributed by atoms with Gasteiger partial charge in [-0.05, 0) is 12.1 Å². The fourth-order valence-electron chi connectivity index (χ4n) is 3.42. The summed E-state index contributed by atoms with van der Waals surface area (Å²) in [4.78, 5) is 29.0.